The lowest BCUT2D eigenvalue weighted by Gasteiger charge is -2.09. The second-order valence-corrected chi connectivity index (χ2v) is 17.9. The second kappa shape index (κ2) is 28.5. The molecule has 0 radical (unpaired) electrons. The molecule has 0 aromatic heterocycles. The first-order chi connectivity index (χ1) is 31.3. The van der Waals surface area contributed by atoms with Crippen LogP contribution in [0, 0.1) is 0 Å². The van der Waals surface area contributed by atoms with E-state index in [-0.39, 0.29) is 21.4 Å². The maximum absolute atomic E-state index is 13.0. The van der Waals surface area contributed by atoms with Crippen LogP contribution in [-0.4, -0.2) is 35.4 Å². The maximum atomic E-state index is 13.0. The molecular weight excluding hydrogens is 841 g/mol. The van der Waals surface area contributed by atoms with Gasteiger partial charge in [-0.05, 0) is 152 Å². The molecule has 0 N–H and O–H groups in total. The molecule has 0 amide bonds. The summed E-state index contributed by atoms with van der Waals surface area (Å²) in [5, 5.41) is -0.222. The summed E-state index contributed by atoms with van der Waals surface area (Å²) >= 11 is 2.16. The van der Waals surface area contributed by atoms with Crippen molar-refractivity contribution in [3.05, 3.63) is 144 Å². The third kappa shape index (κ3) is 18.0. The Morgan fingerprint density at radius 1 is 0.375 bits per heavy atom. The number of thioether (sulfide) groups is 2. The molecule has 0 fully saturated rings. The largest absolute Gasteiger partial charge is 0.494 e. The van der Waals surface area contributed by atoms with Gasteiger partial charge in [-0.25, -0.2) is 9.59 Å². The number of hydrogen-bond donors (Lipinski definition) is 0. The van der Waals surface area contributed by atoms with Crippen LogP contribution in [0.2, 0.25) is 0 Å². The van der Waals surface area contributed by atoms with E-state index in [0.29, 0.717) is 45.6 Å². The molecule has 0 saturated carbocycles. The van der Waals surface area contributed by atoms with Crippen molar-refractivity contribution >= 4 is 45.7 Å². The number of benzene rings is 5. The molecule has 64 heavy (non-hydrogen) atoms. The van der Waals surface area contributed by atoms with Gasteiger partial charge < -0.3 is 18.9 Å². The van der Waals surface area contributed by atoms with Gasteiger partial charge in [-0.2, -0.15) is 0 Å². The van der Waals surface area contributed by atoms with E-state index in [1.54, 1.807) is 91.0 Å². The van der Waals surface area contributed by atoms with Gasteiger partial charge in [0.25, 0.3) is 0 Å². The molecule has 5 aromatic rings. The first kappa shape index (κ1) is 49.7. The molecule has 5 aromatic carbocycles. The van der Waals surface area contributed by atoms with E-state index in [9.17, 15) is 19.2 Å². The Balaban J connectivity index is 1.00. The topological polar surface area (TPSA) is 105 Å². The van der Waals surface area contributed by atoms with Crippen molar-refractivity contribution in [2.24, 2.45) is 0 Å². The highest BCUT2D eigenvalue weighted by Crippen LogP contribution is 2.28. The van der Waals surface area contributed by atoms with E-state index in [2.05, 4.69) is 13.8 Å². The molecule has 10 heteroatoms. The quantitative estimate of drug-likeness (QED) is 0.0208. The second-order valence-electron chi connectivity index (χ2n) is 15.8. The number of carbonyl (C=O) groups excluding carboxylic acids is 4. The van der Waals surface area contributed by atoms with E-state index in [4.69, 9.17) is 18.9 Å². The molecule has 338 valence electrons. The molecule has 0 bridgehead atoms. The van der Waals surface area contributed by atoms with Crippen LogP contribution in [0.4, 0.5) is 0 Å². The van der Waals surface area contributed by atoms with Crippen LogP contribution in [-0.2, 0) is 0 Å². The first-order valence-corrected chi connectivity index (χ1v) is 24.6. The monoisotopic (exact) mass is 902 g/mol. The van der Waals surface area contributed by atoms with Crippen LogP contribution in [0.25, 0.3) is 0 Å². The van der Waals surface area contributed by atoms with E-state index in [1.165, 1.54) is 83.1 Å². The Labute approximate surface area is 388 Å². The summed E-state index contributed by atoms with van der Waals surface area (Å²) < 4.78 is 22.9. The maximum Gasteiger partial charge on any atom is 0.343 e. The van der Waals surface area contributed by atoms with E-state index < -0.39 is 11.9 Å². The van der Waals surface area contributed by atoms with Crippen molar-refractivity contribution in [2.45, 2.75) is 126 Å². The summed E-state index contributed by atoms with van der Waals surface area (Å²) in [6, 6.07) is 33.8. The molecule has 0 heterocycles. The zero-order chi connectivity index (χ0) is 45.2. The summed E-state index contributed by atoms with van der Waals surface area (Å²) in [7, 11) is 0. The number of hydrogen-bond acceptors (Lipinski definition) is 10. The van der Waals surface area contributed by atoms with Crippen LogP contribution in [0.5, 0.6) is 23.0 Å². The van der Waals surface area contributed by atoms with Gasteiger partial charge in [-0.15, -0.1) is 0 Å². The minimum Gasteiger partial charge on any atom is -0.494 e. The van der Waals surface area contributed by atoms with E-state index in [0.717, 1.165) is 60.7 Å². The van der Waals surface area contributed by atoms with Gasteiger partial charge in [-0.3, -0.25) is 9.59 Å². The molecule has 5 rings (SSSR count). The minimum absolute atomic E-state index is 0.111. The molecule has 0 aliphatic carbocycles. The zero-order valence-corrected chi connectivity index (χ0v) is 39.0. The zero-order valence-electron chi connectivity index (χ0n) is 37.4. The van der Waals surface area contributed by atoms with Crippen molar-refractivity contribution in [3.63, 3.8) is 0 Å². The lowest BCUT2D eigenvalue weighted by molar-refractivity contribution is 0.0734. The van der Waals surface area contributed by atoms with Crippen molar-refractivity contribution in [3.8, 4) is 23.0 Å². The number of rotatable bonds is 28. The Hall–Kier alpha value is -5.32. The summed E-state index contributed by atoms with van der Waals surface area (Å²) in [4.78, 5) is 53.4. The normalized spacial score (nSPS) is 10.9. The van der Waals surface area contributed by atoms with Gasteiger partial charge in [0.05, 0.1) is 24.3 Å². The van der Waals surface area contributed by atoms with Crippen LogP contribution in [0.15, 0.2) is 131 Å². The molecule has 0 aliphatic heterocycles. The molecule has 0 unspecified atom stereocenters. The average Bonchev–Trinajstić information content (AvgIpc) is 3.32. The molecule has 0 atom stereocenters. The van der Waals surface area contributed by atoms with Gasteiger partial charge in [0.15, 0.2) is 0 Å². The van der Waals surface area contributed by atoms with Crippen molar-refractivity contribution in [2.75, 3.05) is 13.2 Å². The van der Waals surface area contributed by atoms with Crippen LogP contribution in [0.1, 0.15) is 158 Å². The standard InChI is InChI=1S/C54H62O8S2/c1-3-5-7-9-11-13-15-17-38-59-45-26-22-41(23-27-45)53(57)63-49-34-30-47(31-35-49)61-51(55)43-20-19-21-44(40-43)52(56)62-48-32-36-50(37-33-48)64-54(58)42-24-28-46(29-25-42)60-39-18-16-14-12-10-8-6-4-2/h19-37,40H,3-18,38-39H2,1-2H3. The van der Waals surface area contributed by atoms with Crippen molar-refractivity contribution < 1.29 is 38.1 Å². The third-order valence-corrected chi connectivity index (χ3v) is 12.4. The fourth-order valence-corrected chi connectivity index (χ4v) is 8.30. The van der Waals surface area contributed by atoms with Crippen LogP contribution >= 0.6 is 23.5 Å². The number of ether oxygens (including phenoxy) is 4. The summed E-state index contributed by atoms with van der Waals surface area (Å²) in [5.41, 5.74) is 1.46. The molecule has 8 nitrogen and oxygen atoms in total. The number of esters is 2. The molecule has 0 spiro atoms. The summed E-state index contributed by atoms with van der Waals surface area (Å²) in [5.74, 6) is 0.785. The Morgan fingerprint density at radius 3 is 1.06 bits per heavy atom. The molecular formula is C54H62O8S2. The van der Waals surface area contributed by atoms with Crippen molar-refractivity contribution in [1.29, 1.82) is 0 Å². The van der Waals surface area contributed by atoms with Crippen LogP contribution < -0.4 is 18.9 Å². The first-order valence-electron chi connectivity index (χ1n) is 23.0. The Kier molecular flexibility index (Phi) is 22.1. The third-order valence-electron chi connectivity index (χ3n) is 10.5. The fraction of sp³-hybridized carbons (Fsp3) is 0.370. The highest BCUT2D eigenvalue weighted by atomic mass is 32.2. The molecule has 0 aliphatic rings. The van der Waals surface area contributed by atoms with E-state index in [1.807, 2.05) is 24.3 Å². The number of unbranched alkanes of at least 4 members (excludes halogenated alkanes) is 14. The molecule has 0 saturated heterocycles. The van der Waals surface area contributed by atoms with Gasteiger partial charge in [0, 0.05) is 20.9 Å². The Bertz CT molecular complexity index is 2020. The number of carbonyl (C=O) groups is 4. The van der Waals surface area contributed by atoms with Gasteiger partial charge in [0.1, 0.15) is 23.0 Å². The highest BCUT2D eigenvalue weighted by Gasteiger charge is 2.16. The smallest absolute Gasteiger partial charge is 0.343 e. The Morgan fingerprint density at radius 2 is 0.703 bits per heavy atom. The SMILES string of the molecule is CCCCCCCCCCOc1ccc(C(=O)Sc2ccc(OC(=O)c3cccc(C(=O)Oc4ccc(SC(=O)c5ccc(OCCCCCCCCCC)cc5)cc4)c3)cc2)cc1. The highest BCUT2D eigenvalue weighted by molar-refractivity contribution is 8.14. The van der Waals surface area contributed by atoms with Crippen molar-refractivity contribution in [1.82, 2.24) is 0 Å². The average molecular weight is 903 g/mol. The lowest BCUT2D eigenvalue weighted by atomic mass is 10.1. The van der Waals surface area contributed by atoms with Gasteiger partial charge in [0.2, 0.25) is 10.2 Å². The van der Waals surface area contributed by atoms with Gasteiger partial charge >= 0.3 is 11.9 Å². The fourth-order valence-electron chi connectivity index (χ4n) is 6.81. The summed E-state index contributed by atoms with van der Waals surface area (Å²) in [6.07, 6.45) is 19.9. The summed E-state index contributed by atoms with van der Waals surface area (Å²) in [6.45, 7) is 5.80. The predicted octanol–water partition coefficient (Wildman–Crippen LogP) is 15.0. The van der Waals surface area contributed by atoms with Gasteiger partial charge in [-0.1, -0.05) is 110 Å². The minimum atomic E-state index is -0.650. The van der Waals surface area contributed by atoms with Crippen LogP contribution in [0.3, 0.4) is 0 Å². The predicted molar refractivity (Wildman–Crippen MR) is 259 cm³/mol. The van der Waals surface area contributed by atoms with E-state index >= 15 is 0 Å². The lowest BCUT2D eigenvalue weighted by Crippen LogP contribution is -2.12.